The van der Waals surface area contributed by atoms with Gasteiger partial charge in [-0.15, -0.1) is 0 Å². The monoisotopic (exact) mass is 1610 g/mol. The van der Waals surface area contributed by atoms with Crippen molar-refractivity contribution in [3.8, 4) is 134 Å². The largest absolute Gasteiger partial charge is 0.265 e. The molecule has 0 N–H and O–H groups in total. The van der Waals surface area contributed by atoms with E-state index in [1.165, 1.54) is 130 Å². The van der Waals surface area contributed by atoms with Crippen molar-refractivity contribution < 1.29 is 0 Å². The molecule has 0 radical (unpaired) electrons. The van der Waals surface area contributed by atoms with Crippen LogP contribution in [0.4, 0.5) is 0 Å². The van der Waals surface area contributed by atoms with Crippen LogP contribution in [0.1, 0.15) is 0 Å². The molecular formula is C117H75N9. The van der Waals surface area contributed by atoms with E-state index in [9.17, 15) is 0 Å². The Kier molecular flexibility index (Phi) is 19.8. The smallest absolute Gasteiger partial charge is 0.164 e. The SMILES string of the molecule is c1cc(-c2ccc3c4ccccc4c4ccccc4c3c2)cc(-c2nc(-c3ccncc3)nc(-c3ccncc3)n2)c1.c1ccc(-c2cc(-c3cccnc3)cc(-c3cccc(-c4ccc5c6ccccc6c6ccccc6c5c4)c3)c2)nc1.c1cncc(-c2cc(-c3cccnc3)cc(-c3cccc(-c4ccc5c6ccccc6c6ccccc6c5c4)c3)c2)c1. The third kappa shape index (κ3) is 14.7. The Morgan fingerprint density at radius 1 is 0.119 bits per heavy atom. The molecule has 9 heteroatoms. The maximum Gasteiger partial charge on any atom is 0.164 e. The summed E-state index contributed by atoms with van der Waals surface area (Å²) in [6.45, 7) is 0. The van der Waals surface area contributed by atoms with Gasteiger partial charge in [-0.05, 0) is 297 Å². The molecule has 0 aliphatic rings. The van der Waals surface area contributed by atoms with Gasteiger partial charge in [0.2, 0.25) is 0 Å². The maximum atomic E-state index is 4.89. The number of fused-ring (bicyclic) bond motifs is 18. The van der Waals surface area contributed by atoms with Crippen LogP contribution in [-0.2, 0) is 0 Å². The van der Waals surface area contributed by atoms with Gasteiger partial charge in [-0.1, -0.05) is 261 Å². The lowest BCUT2D eigenvalue weighted by molar-refractivity contribution is 1.07. The molecule has 0 amide bonds. The van der Waals surface area contributed by atoms with E-state index < -0.39 is 0 Å². The minimum absolute atomic E-state index is 0.601. The highest BCUT2D eigenvalue weighted by Crippen LogP contribution is 2.44. The lowest BCUT2D eigenvalue weighted by Crippen LogP contribution is -2.00. The highest BCUT2D eigenvalue weighted by molar-refractivity contribution is 6.28. The lowest BCUT2D eigenvalue weighted by atomic mass is 9.90. The fourth-order valence-electron chi connectivity index (χ4n) is 18.0. The van der Waals surface area contributed by atoms with Crippen LogP contribution in [0.3, 0.4) is 0 Å². The summed E-state index contributed by atoms with van der Waals surface area (Å²) in [5.74, 6) is 1.81. The summed E-state index contributed by atoms with van der Waals surface area (Å²) in [7, 11) is 0. The van der Waals surface area contributed by atoms with Crippen molar-refractivity contribution in [2.24, 2.45) is 0 Å². The minimum Gasteiger partial charge on any atom is -0.265 e. The molecule has 0 fully saturated rings. The normalized spacial score (nSPS) is 11.3. The summed E-state index contributed by atoms with van der Waals surface area (Å²) in [4.78, 5) is 40.6. The van der Waals surface area contributed by atoms with Crippen molar-refractivity contribution in [1.29, 1.82) is 0 Å². The molecule has 0 unspecified atom stereocenters. The van der Waals surface area contributed by atoms with Crippen LogP contribution in [0.5, 0.6) is 0 Å². The predicted octanol–water partition coefficient (Wildman–Crippen LogP) is 30.0. The number of aromatic nitrogens is 9. The Bertz CT molecular complexity index is 7210. The van der Waals surface area contributed by atoms with Gasteiger partial charge in [0.15, 0.2) is 17.5 Å². The molecule has 0 atom stereocenters. The second-order valence-electron chi connectivity index (χ2n) is 31.6. The van der Waals surface area contributed by atoms with Gasteiger partial charge in [-0.3, -0.25) is 29.9 Å². The summed E-state index contributed by atoms with van der Waals surface area (Å²) in [5, 5.41) is 23.0. The van der Waals surface area contributed by atoms with Gasteiger partial charge in [0.1, 0.15) is 0 Å². The Labute approximate surface area is 727 Å². The number of hydrogen-bond donors (Lipinski definition) is 0. The Balaban J connectivity index is 0.000000112. The number of rotatable bonds is 12. The van der Waals surface area contributed by atoms with Crippen molar-refractivity contribution in [2.75, 3.05) is 0 Å². The third-order valence-corrected chi connectivity index (χ3v) is 24.1. The van der Waals surface area contributed by atoms with Crippen LogP contribution >= 0.6 is 0 Å². The summed E-state index contributed by atoms with van der Waals surface area (Å²) < 4.78 is 0. The average Bonchev–Trinajstić information content (AvgIpc) is 0.750. The van der Waals surface area contributed by atoms with Crippen LogP contribution in [0.2, 0.25) is 0 Å². The van der Waals surface area contributed by atoms with Gasteiger partial charge in [-0.25, -0.2) is 15.0 Å². The van der Waals surface area contributed by atoms with E-state index >= 15 is 0 Å². The minimum atomic E-state index is 0.601. The molecule has 0 saturated carbocycles. The summed E-state index contributed by atoms with van der Waals surface area (Å²) >= 11 is 0. The Hall–Kier alpha value is -17.0. The van der Waals surface area contributed by atoms with E-state index in [4.69, 9.17) is 15.0 Å². The highest BCUT2D eigenvalue weighted by Gasteiger charge is 2.19. The van der Waals surface area contributed by atoms with Gasteiger partial charge >= 0.3 is 0 Å². The van der Waals surface area contributed by atoms with E-state index in [-0.39, 0.29) is 0 Å². The van der Waals surface area contributed by atoms with Crippen LogP contribution in [0.15, 0.2) is 456 Å². The zero-order chi connectivity index (χ0) is 83.6. The first-order chi connectivity index (χ1) is 62.4. The van der Waals surface area contributed by atoms with E-state index in [0.29, 0.717) is 17.5 Å². The number of pyridine rings is 6. The second-order valence-corrected chi connectivity index (χ2v) is 31.6. The maximum absolute atomic E-state index is 4.89. The molecule has 9 nitrogen and oxygen atoms in total. The van der Waals surface area contributed by atoms with Crippen molar-refractivity contribution in [3.63, 3.8) is 0 Å². The molecule has 0 saturated heterocycles. The van der Waals surface area contributed by atoms with E-state index in [2.05, 4.69) is 364 Å². The lowest BCUT2D eigenvalue weighted by Gasteiger charge is -2.13. The first kappa shape index (κ1) is 75.2. The molecular weight excluding hydrogens is 1530 g/mol. The van der Waals surface area contributed by atoms with Crippen LogP contribution < -0.4 is 0 Å². The number of hydrogen-bond acceptors (Lipinski definition) is 9. The summed E-state index contributed by atoms with van der Waals surface area (Å²) in [6.07, 6.45) is 20.0. The zero-order valence-electron chi connectivity index (χ0n) is 68.3. The molecule has 7 aromatic heterocycles. The fraction of sp³-hybridized carbons (Fsp3) is 0. The molecule has 0 aliphatic heterocycles. The summed E-state index contributed by atoms with van der Waals surface area (Å²) in [6, 6.07) is 138. The number of benzene rings is 17. The van der Waals surface area contributed by atoms with E-state index in [1.54, 1.807) is 24.8 Å². The molecule has 588 valence electrons. The quantitative estimate of drug-likeness (QED) is 0.110. The predicted molar refractivity (Wildman–Crippen MR) is 522 cm³/mol. The molecule has 24 aromatic rings. The first-order valence-electron chi connectivity index (χ1n) is 42.3. The van der Waals surface area contributed by atoms with Crippen molar-refractivity contribution in [2.45, 2.75) is 0 Å². The van der Waals surface area contributed by atoms with E-state index in [0.717, 1.165) is 83.6 Å². The second kappa shape index (κ2) is 33.2. The van der Waals surface area contributed by atoms with Gasteiger partial charge in [-0.2, -0.15) is 0 Å². The fourth-order valence-corrected chi connectivity index (χ4v) is 18.0. The van der Waals surface area contributed by atoms with Gasteiger partial charge < -0.3 is 0 Å². The summed E-state index contributed by atoms with van der Waals surface area (Å²) in [5.41, 5.74) is 23.1. The highest BCUT2D eigenvalue weighted by atomic mass is 15.0. The number of nitrogens with zero attached hydrogens (tertiary/aromatic N) is 9. The zero-order valence-corrected chi connectivity index (χ0v) is 68.3. The van der Waals surface area contributed by atoms with Gasteiger partial charge in [0.25, 0.3) is 0 Å². The van der Waals surface area contributed by atoms with E-state index in [1.807, 2.05) is 98.0 Å². The third-order valence-electron chi connectivity index (χ3n) is 24.1. The molecule has 17 aromatic carbocycles. The molecule has 24 rings (SSSR count). The molecule has 0 bridgehead atoms. The van der Waals surface area contributed by atoms with Gasteiger partial charge in [0, 0.05) is 107 Å². The average molecular weight is 1610 g/mol. The van der Waals surface area contributed by atoms with Crippen LogP contribution in [0.25, 0.3) is 231 Å². The topological polar surface area (TPSA) is 116 Å². The first-order valence-corrected chi connectivity index (χ1v) is 42.3. The Morgan fingerprint density at radius 3 is 0.659 bits per heavy atom. The van der Waals surface area contributed by atoms with Crippen LogP contribution in [0, 0.1) is 0 Å². The molecule has 7 heterocycles. The standard InChI is InChI=1S/2C40H26N2.C37H23N5/c1-2-14-37-35(12-1)36-13-3-4-15-38(36)40-24-29(16-17-39(37)40)27-8-5-9-28(20-27)32-21-33(30-10-6-18-41-25-30)23-34(22-32)31-11-7-19-42-26-31;1-2-14-36-34(12-1)35-13-3-4-15-37(35)39-25-29(17-18-38(36)39)27-9-7-10-28(21-27)31-22-32(30-11-8-19-41-26-30)24-33(23-31)40-16-5-6-20-42-40;1-2-10-31-29(8-1)30-9-3-4-11-32(30)34-23-27(12-13-33(31)34)26-6-5-7-28(22-26)37-41-35(24-14-18-38-19-15-24)40-36(42-37)25-16-20-39-21-17-25/h2*1-26H;1-23H. The Morgan fingerprint density at radius 2 is 0.357 bits per heavy atom. The molecule has 0 spiro atoms. The van der Waals surface area contributed by atoms with Crippen molar-refractivity contribution in [3.05, 3.63) is 456 Å². The van der Waals surface area contributed by atoms with Gasteiger partial charge in [0.05, 0.1) is 5.69 Å². The van der Waals surface area contributed by atoms with Crippen molar-refractivity contribution in [1.82, 2.24) is 44.9 Å². The molecule has 126 heavy (non-hydrogen) atoms. The van der Waals surface area contributed by atoms with Crippen LogP contribution in [-0.4, -0.2) is 44.9 Å². The molecule has 0 aliphatic carbocycles. The van der Waals surface area contributed by atoms with Crippen molar-refractivity contribution >= 4 is 97.0 Å².